The average Bonchev–Trinajstić information content (AvgIpc) is 2.92. The van der Waals surface area contributed by atoms with E-state index in [0.717, 1.165) is 50.6 Å². The summed E-state index contributed by atoms with van der Waals surface area (Å²) in [6.45, 7) is 3.96. The molecule has 1 aromatic rings. The number of nitrogens with two attached hydrogens (primary N) is 1. The molecule has 19 heavy (non-hydrogen) atoms. The van der Waals surface area contributed by atoms with Crippen LogP contribution in [-0.2, 0) is 4.74 Å². The first-order valence-electron chi connectivity index (χ1n) is 7.32. The molecule has 6 heteroatoms. The Balaban J connectivity index is 1.73. The van der Waals surface area contributed by atoms with E-state index in [0.29, 0.717) is 6.04 Å². The maximum Gasteiger partial charge on any atom is 0.245 e. The molecule has 2 aliphatic heterocycles. The first-order valence-corrected chi connectivity index (χ1v) is 7.32. The van der Waals surface area contributed by atoms with Crippen LogP contribution in [0.5, 0.6) is 0 Å². The molecule has 0 spiro atoms. The normalized spacial score (nSPS) is 32.5. The number of aromatic nitrogens is 3. The van der Waals surface area contributed by atoms with Crippen LogP contribution in [-0.4, -0.2) is 40.4 Å². The molecule has 3 heterocycles. The molecule has 6 nitrogen and oxygen atoms in total. The summed E-state index contributed by atoms with van der Waals surface area (Å²) in [6, 6.07) is 0.506. The predicted molar refractivity (Wildman–Crippen MR) is 72.9 cm³/mol. The van der Waals surface area contributed by atoms with Crippen LogP contribution in [0.4, 0.5) is 5.95 Å². The van der Waals surface area contributed by atoms with Gasteiger partial charge in [-0.2, -0.15) is 4.98 Å². The number of nitrogens with zero attached hydrogens (tertiary/aromatic N) is 3. The minimum Gasteiger partial charge on any atom is -0.370 e. The van der Waals surface area contributed by atoms with Gasteiger partial charge in [0.05, 0.1) is 0 Å². The molecule has 3 atom stereocenters. The van der Waals surface area contributed by atoms with Crippen LogP contribution in [0.25, 0.3) is 0 Å². The van der Waals surface area contributed by atoms with Crippen molar-refractivity contribution in [1.82, 2.24) is 15.2 Å². The third kappa shape index (κ3) is 2.60. The Labute approximate surface area is 113 Å². The van der Waals surface area contributed by atoms with Gasteiger partial charge in [0.25, 0.3) is 0 Å². The van der Waals surface area contributed by atoms with Gasteiger partial charge in [-0.1, -0.05) is 0 Å². The quantitative estimate of drug-likeness (QED) is 0.844. The molecule has 1 aromatic heterocycles. The minimum atomic E-state index is 0.0868. The summed E-state index contributed by atoms with van der Waals surface area (Å²) < 4.78 is 5.74. The molecule has 0 saturated carbocycles. The lowest BCUT2D eigenvalue weighted by Gasteiger charge is -2.36. The third-order valence-corrected chi connectivity index (χ3v) is 4.28. The van der Waals surface area contributed by atoms with Crippen LogP contribution in [0.2, 0.25) is 0 Å². The number of hydrogen-bond donors (Lipinski definition) is 2. The molecular weight excluding hydrogens is 242 g/mol. The minimum absolute atomic E-state index is 0.0868. The number of rotatable bonds is 2. The summed E-state index contributed by atoms with van der Waals surface area (Å²) >= 11 is 0. The highest BCUT2D eigenvalue weighted by Crippen LogP contribution is 2.27. The topological polar surface area (TPSA) is 80.1 Å². The highest BCUT2D eigenvalue weighted by molar-refractivity contribution is 5.32. The van der Waals surface area contributed by atoms with Crippen LogP contribution < -0.4 is 10.6 Å². The summed E-state index contributed by atoms with van der Waals surface area (Å²) in [4.78, 5) is 6.83. The van der Waals surface area contributed by atoms with E-state index in [-0.39, 0.29) is 12.1 Å². The first kappa shape index (κ1) is 12.9. The van der Waals surface area contributed by atoms with Crippen molar-refractivity contribution in [2.45, 2.75) is 57.2 Å². The van der Waals surface area contributed by atoms with Crippen molar-refractivity contribution < 1.29 is 4.74 Å². The van der Waals surface area contributed by atoms with Crippen molar-refractivity contribution >= 4 is 5.95 Å². The standard InChI is InChI=1S/C13H23N5O/c1-9-10(14)5-4-7-18(9)13-15-12(16-17-13)11-6-2-3-8-19-11/h9-11H,2-8,14H2,1H3,(H,15,16,17). The van der Waals surface area contributed by atoms with Crippen LogP contribution in [0.15, 0.2) is 0 Å². The van der Waals surface area contributed by atoms with Crippen molar-refractivity contribution in [3.63, 3.8) is 0 Å². The van der Waals surface area contributed by atoms with Crippen molar-refractivity contribution in [2.75, 3.05) is 18.1 Å². The molecule has 3 N–H and O–H groups in total. The molecule has 0 amide bonds. The van der Waals surface area contributed by atoms with E-state index in [2.05, 4.69) is 27.0 Å². The van der Waals surface area contributed by atoms with E-state index in [1.54, 1.807) is 0 Å². The molecule has 0 aromatic carbocycles. The van der Waals surface area contributed by atoms with E-state index in [1.807, 2.05) is 0 Å². The van der Waals surface area contributed by atoms with Gasteiger partial charge in [0.1, 0.15) is 6.10 Å². The maximum absolute atomic E-state index is 6.12. The van der Waals surface area contributed by atoms with Gasteiger partial charge in [0.15, 0.2) is 5.82 Å². The number of aromatic amines is 1. The van der Waals surface area contributed by atoms with Crippen LogP contribution >= 0.6 is 0 Å². The van der Waals surface area contributed by atoms with Gasteiger partial charge in [-0.15, -0.1) is 5.10 Å². The Morgan fingerprint density at radius 2 is 2.21 bits per heavy atom. The van der Waals surface area contributed by atoms with Crippen molar-refractivity contribution in [2.24, 2.45) is 5.73 Å². The van der Waals surface area contributed by atoms with Crippen molar-refractivity contribution in [3.8, 4) is 0 Å². The summed E-state index contributed by atoms with van der Waals surface area (Å²) in [5, 5.41) is 7.39. The van der Waals surface area contributed by atoms with Gasteiger partial charge < -0.3 is 15.4 Å². The molecule has 0 radical (unpaired) electrons. The Morgan fingerprint density at radius 1 is 1.32 bits per heavy atom. The third-order valence-electron chi connectivity index (χ3n) is 4.28. The van der Waals surface area contributed by atoms with Crippen molar-refractivity contribution in [3.05, 3.63) is 5.82 Å². The molecule has 106 valence electrons. The van der Waals surface area contributed by atoms with Crippen LogP contribution in [0, 0.1) is 0 Å². The Bertz CT molecular complexity index is 415. The fourth-order valence-corrected chi connectivity index (χ4v) is 2.95. The molecule has 2 saturated heterocycles. The van der Waals surface area contributed by atoms with E-state index < -0.39 is 0 Å². The predicted octanol–water partition coefficient (Wildman–Crippen LogP) is 1.36. The number of hydrogen-bond acceptors (Lipinski definition) is 5. The SMILES string of the molecule is CC1C(N)CCCN1c1n[nH]c(C2CCCCO2)n1. The molecule has 3 rings (SSSR count). The van der Waals surface area contributed by atoms with Gasteiger partial charge in [-0.3, -0.25) is 5.10 Å². The largest absolute Gasteiger partial charge is 0.370 e. The highest BCUT2D eigenvalue weighted by atomic mass is 16.5. The Hall–Kier alpha value is -1.14. The number of H-pyrrole nitrogens is 1. The summed E-state index contributed by atoms with van der Waals surface area (Å²) in [7, 11) is 0. The van der Waals surface area contributed by atoms with Crippen LogP contribution in [0.1, 0.15) is 51.0 Å². The maximum atomic E-state index is 6.12. The van der Waals surface area contributed by atoms with Gasteiger partial charge in [-0.25, -0.2) is 0 Å². The number of anilines is 1. The summed E-state index contributed by atoms with van der Waals surface area (Å²) in [5.74, 6) is 1.63. The zero-order valence-electron chi connectivity index (χ0n) is 11.5. The van der Waals surface area contributed by atoms with Gasteiger partial charge in [0, 0.05) is 25.2 Å². The molecule has 2 fully saturated rings. The second kappa shape index (κ2) is 5.46. The fraction of sp³-hybridized carbons (Fsp3) is 0.846. The average molecular weight is 265 g/mol. The Kier molecular flexibility index (Phi) is 3.70. The van der Waals surface area contributed by atoms with E-state index in [1.165, 1.54) is 6.42 Å². The lowest BCUT2D eigenvalue weighted by Crippen LogP contribution is -2.51. The number of piperidine rings is 1. The molecular formula is C13H23N5O. The monoisotopic (exact) mass is 265 g/mol. The number of ether oxygens (including phenoxy) is 1. The lowest BCUT2D eigenvalue weighted by molar-refractivity contribution is 0.00968. The lowest BCUT2D eigenvalue weighted by atomic mass is 9.99. The fourth-order valence-electron chi connectivity index (χ4n) is 2.95. The zero-order chi connectivity index (χ0) is 13.2. The number of nitrogens with one attached hydrogen (secondary N) is 1. The summed E-state index contributed by atoms with van der Waals surface area (Å²) in [5.41, 5.74) is 6.12. The Morgan fingerprint density at radius 3 is 3.00 bits per heavy atom. The molecule has 0 aliphatic carbocycles. The summed E-state index contributed by atoms with van der Waals surface area (Å²) in [6.07, 6.45) is 5.66. The van der Waals surface area contributed by atoms with Gasteiger partial charge in [-0.05, 0) is 39.0 Å². The zero-order valence-corrected chi connectivity index (χ0v) is 11.5. The molecule has 3 unspecified atom stereocenters. The van der Waals surface area contributed by atoms with Crippen LogP contribution in [0.3, 0.4) is 0 Å². The van der Waals surface area contributed by atoms with E-state index in [4.69, 9.17) is 10.5 Å². The van der Waals surface area contributed by atoms with E-state index >= 15 is 0 Å². The second-order valence-corrected chi connectivity index (χ2v) is 5.62. The highest BCUT2D eigenvalue weighted by Gasteiger charge is 2.29. The smallest absolute Gasteiger partial charge is 0.245 e. The molecule has 0 bridgehead atoms. The molecule has 2 aliphatic rings. The second-order valence-electron chi connectivity index (χ2n) is 5.62. The first-order chi connectivity index (χ1) is 9.25. The van der Waals surface area contributed by atoms with Gasteiger partial charge >= 0.3 is 0 Å². The van der Waals surface area contributed by atoms with Gasteiger partial charge in [0.2, 0.25) is 5.95 Å². The van der Waals surface area contributed by atoms with Crippen molar-refractivity contribution in [1.29, 1.82) is 0 Å². The van der Waals surface area contributed by atoms with E-state index in [9.17, 15) is 0 Å².